The summed E-state index contributed by atoms with van der Waals surface area (Å²) in [5.41, 5.74) is 6.09. The summed E-state index contributed by atoms with van der Waals surface area (Å²) in [6, 6.07) is 14.5. The van der Waals surface area contributed by atoms with E-state index in [1.54, 1.807) is 18.6 Å². The van der Waals surface area contributed by atoms with E-state index in [0.29, 0.717) is 0 Å². The lowest BCUT2D eigenvalue weighted by Crippen LogP contribution is -2.52. The summed E-state index contributed by atoms with van der Waals surface area (Å²) in [5, 5.41) is 14.6. The Balaban J connectivity index is 1.43. The highest BCUT2D eigenvalue weighted by atomic mass is 32.1. The molecule has 1 aliphatic carbocycles. The second-order valence-electron chi connectivity index (χ2n) is 8.62. The van der Waals surface area contributed by atoms with E-state index >= 15 is 0 Å². The third-order valence-electron chi connectivity index (χ3n) is 6.35. The van der Waals surface area contributed by atoms with E-state index < -0.39 is 36.0 Å². The van der Waals surface area contributed by atoms with Crippen molar-refractivity contribution in [1.29, 1.82) is 0 Å². The van der Waals surface area contributed by atoms with Crippen LogP contribution in [0.5, 0.6) is 0 Å². The first-order valence-electron chi connectivity index (χ1n) is 11.4. The third kappa shape index (κ3) is 5.51. The molecule has 35 heavy (non-hydrogen) atoms. The minimum atomic E-state index is -1.01. The molecular formula is C26H27N3O5S. The van der Waals surface area contributed by atoms with Crippen LogP contribution in [0.1, 0.15) is 35.8 Å². The van der Waals surface area contributed by atoms with Gasteiger partial charge in [-0.05, 0) is 36.1 Å². The van der Waals surface area contributed by atoms with Gasteiger partial charge < -0.3 is 20.5 Å². The highest BCUT2D eigenvalue weighted by molar-refractivity contribution is 7.09. The van der Waals surface area contributed by atoms with Gasteiger partial charge in [0.25, 0.3) is 0 Å². The van der Waals surface area contributed by atoms with Crippen LogP contribution >= 0.6 is 11.3 Å². The molecule has 0 fully saturated rings. The van der Waals surface area contributed by atoms with E-state index in [9.17, 15) is 19.5 Å². The Bertz CT molecular complexity index is 1170. The minimum Gasteiger partial charge on any atom is -0.481 e. The Morgan fingerprint density at radius 3 is 2.23 bits per heavy atom. The molecule has 0 aliphatic heterocycles. The fourth-order valence-electron chi connectivity index (χ4n) is 4.20. The number of carbonyl (C=O) groups excluding carboxylic acids is 2. The lowest BCUT2D eigenvalue weighted by molar-refractivity contribution is -0.142. The Morgan fingerprint density at radius 1 is 1.03 bits per heavy atom. The predicted octanol–water partition coefficient (Wildman–Crippen LogP) is 3.82. The molecule has 4 rings (SSSR count). The Labute approximate surface area is 207 Å². The van der Waals surface area contributed by atoms with E-state index in [1.165, 1.54) is 18.3 Å². The van der Waals surface area contributed by atoms with Crippen LogP contribution in [-0.4, -0.2) is 46.8 Å². The molecule has 8 nitrogen and oxygen atoms in total. The van der Waals surface area contributed by atoms with E-state index in [4.69, 9.17) is 4.74 Å². The number of hydrogen-bond donors (Lipinski definition) is 3. The van der Waals surface area contributed by atoms with Crippen molar-refractivity contribution in [1.82, 2.24) is 15.6 Å². The van der Waals surface area contributed by atoms with Gasteiger partial charge in [0, 0.05) is 29.5 Å². The summed E-state index contributed by atoms with van der Waals surface area (Å²) in [7, 11) is 0. The van der Waals surface area contributed by atoms with Crippen LogP contribution in [0.3, 0.4) is 0 Å². The summed E-state index contributed by atoms with van der Waals surface area (Å²) >= 11 is 1.37. The van der Waals surface area contributed by atoms with Gasteiger partial charge in [0.15, 0.2) is 0 Å². The number of aromatic nitrogens is 1. The van der Waals surface area contributed by atoms with E-state index in [1.807, 2.05) is 36.4 Å². The Kier molecular flexibility index (Phi) is 7.45. The van der Waals surface area contributed by atoms with Gasteiger partial charge in [0.2, 0.25) is 5.91 Å². The first-order valence-corrected chi connectivity index (χ1v) is 12.2. The van der Waals surface area contributed by atoms with Crippen LogP contribution in [0.2, 0.25) is 0 Å². The number of hydrogen-bond acceptors (Lipinski definition) is 6. The highest BCUT2D eigenvalue weighted by Crippen LogP contribution is 2.44. The first-order chi connectivity index (χ1) is 16.8. The number of thiazole rings is 1. The van der Waals surface area contributed by atoms with Gasteiger partial charge in [0.05, 0.1) is 11.4 Å². The fraction of sp³-hybridized carbons (Fsp3) is 0.308. The van der Waals surface area contributed by atoms with Crippen molar-refractivity contribution >= 4 is 29.3 Å². The largest absolute Gasteiger partial charge is 0.481 e. The molecule has 1 aliphatic rings. The lowest BCUT2D eigenvalue weighted by atomic mass is 9.98. The van der Waals surface area contributed by atoms with Crippen molar-refractivity contribution in [2.24, 2.45) is 5.92 Å². The number of carboxylic acid groups (broad SMARTS) is 1. The summed E-state index contributed by atoms with van der Waals surface area (Å²) in [6.45, 7) is 3.26. The average molecular weight is 494 g/mol. The molecular weight excluding hydrogens is 466 g/mol. The molecule has 3 aromatic rings. The van der Waals surface area contributed by atoms with E-state index in [2.05, 4.69) is 27.8 Å². The van der Waals surface area contributed by atoms with Crippen molar-refractivity contribution in [3.63, 3.8) is 0 Å². The second-order valence-corrected chi connectivity index (χ2v) is 9.59. The monoisotopic (exact) mass is 493 g/mol. The first kappa shape index (κ1) is 24.4. The van der Waals surface area contributed by atoms with Crippen LogP contribution in [0, 0.1) is 5.92 Å². The van der Waals surface area contributed by atoms with Gasteiger partial charge >= 0.3 is 12.1 Å². The molecule has 0 radical (unpaired) electrons. The number of rotatable bonds is 9. The number of benzene rings is 2. The molecule has 0 saturated carbocycles. The van der Waals surface area contributed by atoms with Crippen LogP contribution in [0.4, 0.5) is 4.79 Å². The molecule has 0 spiro atoms. The maximum atomic E-state index is 12.9. The molecule has 2 aromatic carbocycles. The predicted molar refractivity (Wildman–Crippen MR) is 132 cm³/mol. The Morgan fingerprint density at radius 2 is 1.66 bits per heavy atom. The zero-order chi connectivity index (χ0) is 24.9. The number of nitrogens with one attached hydrogen (secondary N) is 2. The van der Waals surface area contributed by atoms with Gasteiger partial charge in [-0.25, -0.2) is 4.79 Å². The second kappa shape index (κ2) is 10.7. The van der Waals surface area contributed by atoms with Crippen molar-refractivity contribution in [3.05, 3.63) is 76.2 Å². The summed E-state index contributed by atoms with van der Waals surface area (Å²) in [5.74, 6) is -2.37. The number of aliphatic carboxylic acids is 1. The lowest BCUT2D eigenvalue weighted by Gasteiger charge is -2.23. The van der Waals surface area contributed by atoms with Crippen molar-refractivity contribution in [2.75, 3.05) is 6.61 Å². The molecule has 3 atom stereocenters. The van der Waals surface area contributed by atoms with Crippen molar-refractivity contribution < 1.29 is 24.2 Å². The standard InChI is InChI=1S/C26H27N3O5S/c1-15(25(31)32)16(2)28-24(30)23(11-17-12-27-14-35-17)29-26(33)34-13-22-20-9-5-3-7-18(20)19-8-4-6-10-21(19)22/h3-10,12,14-16,22-23H,11,13H2,1-2H3,(H,28,30)(H,29,33)(H,31,32). The SMILES string of the molecule is CC(NC(=O)C(Cc1cncs1)NC(=O)OCC1c2ccccc2-c2ccccc21)C(C)C(=O)O. The number of carboxylic acids is 1. The number of alkyl carbamates (subject to hydrolysis) is 1. The zero-order valence-corrected chi connectivity index (χ0v) is 20.2. The quantitative estimate of drug-likeness (QED) is 0.417. The molecule has 1 heterocycles. The van der Waals surface area contributed by atoms with Crippen molar-refractivity contribution in [3.8, 4) is 11.1 Å². The summed E-state index contributed by atoms with van der Waals surface area (Å²) in [4.78, 5) is 41.8. The number of fused-ring (bicyclic) bond motifs is 3. The summed E-state index contributed by atoms with van der Waals surface area (Å²) in [6.07, 6.45) is 1.14. The summed E-state index contributed by atoms with van der Waals surface area (Å²) < 4.78 is 5.59. The molecule has 3 unspecified atom stereocenters. The fourth-order valence-corrected chi connectivity index (χ4v) is 4.84. The van der Waals surface area contributed by atoms with Crippen LogP contribution in [-0.2, 0) is 20.7 Å². The molecule has 0 bridgehead atoms. The average Bonchev–Trinajstić information content (AvgIpc) is 3.47. The third-order valence-corrected chi connectivity index (χ3v) is 7.15. The van der Waals surface area contributed by atoms with Gasteiger partial charge in [-0.1, -0.05) is 48.5 Å². The number of nitrogens with zero attached hydrogens (tertiary/aromatic N) is 1. The normalized spacial score (nSPS) is 14.8. The van der Waals surface area contributed by atoms with E-state index in [0.717, 1.165) is 27.1 Å². The minimum absolute atomic E-state index is 0.0987. The molecule has 182 valence electrons. The van der Waals surface area contributed by atoms with E-state index in [-0.39, 0.29) is 18.9 Å². The van der Waals surface area contributed by atoms with Crippen LogP contribution < -0.4 is 10.6 Å². The number of ether oxygens (including phenoxy) is 1. The molecule has 3 N–H and O–H groups in total. The molecule has 1 aromatic heterocycles. The molecule has 0 saturated heterocycles. The Hall–Kier alpha value is -3.72. The maximum Gasteiger partial charge on any atom is 0.407 e. The van der Waals surface area contributed by atoms with Gasteiger partial charge in [-0.3, -0.25) is 14.6 Å². The molecule has 2 amide bonds. The topological polar surface area (TPSA) is 118 Å². The maximum absolute atomic E-state index is 12.9. The van der Waals surface area contributed by atoms with Crippen molar-refractivity contribution in [2.45, 2.75) is 38.3 Å². The smallest absolute Gasteiger partial charge is 0.407 e. The number of carbonyl (C=O) groups is 3. The highest BCUT2D eigenvalue weighted by Gasteiger charge is 2.31. The van der Waals surface area contributed by atoms with Gasteiger partial charge in [-0.2, -0.15) is 0 Å². The number of amides is 2. The zero-order valence-electron chi connectivity index (χ0n) is 19.4. The van der Waals surface area contributed by atoms with Crippen LogP contribution in [0.15, 0.2) is 60.2 Å². The van der Waals surface area contributed by atoms with Gasteiger partial charge in [0.1, 0.15) is 12.6 Å². The van der Waals surface area contributed by atoms with Gasteiger partial charge in [-0.15, -0.1) is 11.3 Å². The van der Waals surface area contributed by atoms with Crippen LogP contribution in [0.25, 0.3) is 11.1 Å². The molecule has 9 heteroatoms.